The van der Waals surface area contributed by atoms with Gasteiger partial charge in [-0.15, -0.1) is 0 Å². The highest BCUT2D eigenvalue weighted by atomic mass is 35.5. The number of rotatable bonds is 9. The Morgan fingerprint density at radius 3 is 2.17 bits per heavy atom. The molecule has 0 fully saturated rings. The molecule has 0 saturated carbocycles. The van der Waals surface area contributed by atoms with Gasteiger partial charge in [0, 0.05) is 23.5 Å². The Morgan fingerprint density at radius 2 is 1.56 bits per heavy atom. The third kappa shape index (κ3) is 8.44. The lowest BCUT2D eigenvalue weighted by Gasteiger charge is -2.33. The molecule has 0 aliphatic heterocycles. The smallest absolute Gasteiger partial charge is 0.261 e. The van der Waals surface area contributed by atoms with Crippen molar-refractivity contribution in [2.45, 2.75) is 45.3 Å². The molecular formula is C28H29Cl3N2O3. The van der Waals surface area contributed by atoms with E-state index >= 15 is 0 Å². The third-order valence-electron chi connectivity index (χ3n) is 5.28. The largest absolute Gasteiger partial charge is 0.484 e. The molecule has 0 heterocycles. The zero-order chi connectivity index (χ0) is 26.3. The Balaban J connectivity index is 1.94. The zero-order valence-corrected chi connectivity index (χ0v) is 22.7. The first-order chi connectivity index (χ1) is 17.0. The Bertz CT molecular complexity index is 1180. The minimum atomic E-state index is -0.789. The first-order valence-corrected chi connectivity index (χ1v) is 12.6. The second-order valence-corrected chi connectivity index (χ2v) is 10.7. The summed E-state index contributed by atoms with van der Waals surface area (Å²) in [6.45, 7) is 5.60. The minimum absolute atomic E-state index is 0.148. The summed E-state index contributed by atoms with van der Waals surface area (Å²) in [5, 5.41) is 4.38. The molecule has 1 N–H and O–H groups in total. The quantitative estimate of drug-likeness (QED) is 0.329. The molecule has 8 heteroatoms. The minimum Gasteiger partial charge on any atom is -0.484 e. The lowest BCUT2D eigenvalue weighted by molar-refractivity contribution is -0.143. The molecule has 0 aliphatic carbocycles. The molecule has 2 amide bonds. The van der Waals surface area contributed by atoms with Crippen molar-refractivity contribution in [1.82, 2.24) is 10.2 Å². The summed E-state index contributed by atoms with van der Waals surface area (Å²) in [5.41, 5.74) is 1.19. The number of nitrogens with one attached hydrogen (secondary N) is 1. The molecule has 3 aromatic rings. The summed E-state index contributed by atoms with van der Waals surface area (Å²) < 4.78 is 5.74. The number of amides is 2. The molecule has 36 heavy (non-hydrogen) atoms. The summed E-state index contributed by atoms with van der Waals surface area (Å²) in [6, 6.07) is 20.7. The third-order valence-corrected chi connectivity index (χ3v) is 6.27. The summed E-state index contributed by atoms with van der Waals surface area (Å²) in [7, 11) is 0. The van der Waals surface area contributed by atoms with Gasteiger partial charge in [-0.3, -0.25) is 9.59 Å². The molecule has 190 valence electrons. The van der Waals surface area contributed by atoms with E-state index in [9.17, 15) is 9.59 Å². The maximum Gasteiger partial charge on any atom is 0.261 e. The Labute approximate surface area is 227 Å². The highest BCUT2D eigenvalue weighted by Gasteiger charge is 2.32. The van der Waals surface area contributed by atoms with Crippen LogP contribution in [0.4, 0.5) is 0 Å². The highest BCUT2D eigenvalue weighted by molar-refractivity contribution is 6.42. The van der Waals surface area contributed by atoms with E-state index in [2.05, 4.69) is 5.32 Å². The lowest BCUT2D eigenvalue weighted by atomic mass is 10.0. The molecule has 0 aromatic heterocycles. The molecule has 0 aliphatic rings. The van der Waals surface area contributed by atoms with Crippen LogP contribution in [0.2, 0.25) is 15.1 Å². The Hall–Kier alpha value is -2.73. The van der Waals surface area contributed by atoms with Crippen LogP contribution in [0.5, 0.6) is 5.75 Å². The topological polar surface area (TPSA) is 58.6 Å². The molecule has 1 unspecified atom stereocenters. The fourth-order valence-corrected chi connectivity index (χ4v) is 4.05. The summed E-state index contributed by atoms with van der Waals surface area (Å²) in [6.07, 6.45) is 0.330. The molecule has 3 aromatic carbocycles. The normalized spacial score (nSPS) is 12.1. The molecule has 1 atom stereocenters. The molecule has 0 radical (unpaired) electrons. The van der Waals surface area contributed by atoms with E-state index in [4.69, 9.17) is 39.5 Å². The number of hydrogen-bond donors (Lipinski definition) is 1. The average molecular weight is 548 g/mol. The van der Waals surface area contributed by atoms with Crippen LogP contribution < -0.4 is 10.1 Å². The standard InChI is InChI=1S/C28H29Cl3N2O3/c1-28(2,3)32-27(35)25(16-19-7-5-4-6-8-19)33(17-20-9-14-23(30)24(31)15-20)26(34)18-36-22-12-10-21(29)11-13-22/h4-15,25H,16-18H2,1-3H3,(H,32,35). The van der Waals surface area contributed by atoms with Crippen molar-refractivity contribution in [2.24, 2.45) is 0 Å². The molecule has 0 spiro atoms. The molecule has 3 rings (SSSR count). The van der Waals surface area contributed by atoms with Crippen molar-refractivity contribution in [3.63, 3.8) is 0 Å². The Kier molecular flexibility index (Phi) is 9.66. The fourth-order valence-electron chi connectivity index (χ4n) is 3.60. The molecule has 0 bridgehead atoms. The number of halogens is 3. The van der Waals surface area contributed by atoms with Crippen molar-refractivity contribution in [3.8, 4) is 5.75 Å². The molecule has 0 saturated heterocycles. The van der Waals surface area contributed by atoms with Gasteiger partial charge in [-0.05, 0) is 68.3 Å². The lowest BCUT2D eigenvalue weighted by Crippen LogP contribution is -2.55. The highest BCUT2D eigenvalue weighted by Crippen LogP contribution is 2.25. The van der Waals surface area contributed by atoms with Crippen LogP contribution in [0.25, 0.3) is 0 Å². The molecular weight excluding hydrogens is 519 g/mol. The fraction of sp³-hybridized carbons (Fsp3) is 0.286. The van der Waals surface area contributed by atoms with Gasteiger partial charge in [-0.2, -0.15) is 0 Å². The van der Waals surface area contributed by atoms with E-state index in [1.54, 1.807) is 42.5 Å². The number of hydrogen-bond acceptors (Lipinski definition) is 3. The van der Waals surface area contributed by atoms with Gasteiger partial charge in [0.2, 0.25) is 5.91 Å². The van der Waals surface area contributed by atoms with E-state index in [1.807, 2.05) is 51.1 Å². The van der Waals surface area contributed by atoms with Gasteiger partial charge >= 0.3 is 0 Å². The van der Waals surface area contributed by atoms with E-state index < -0.39 is 11.6 Å². The summed E-state index contributed by atoms with van der Waals surface area (Å²) in [4.78, 5) is 28.6. The maximum absolute atomic E-state index is 13.6. The van der Waals surface area contributed by atoms with Crippen molar-refractivity contribution in [1.29, 1.82) is 0 Å². The predicted molar refractivity (Wildman–Crippen MR) is 146 cm³/mol. The second-order valence-electron chi connectivity index (χ2n) is 9.46. The zero-order valence-electron chi connectivity index (χ0n) is 20.4. The van der Waals surface area contributed by atoms with Gasteiger partial charge in [0.25, 0.3) is 5.91 Å². The first kappa shape index (κ1) is 27.9. The first-order valence-electron chi connectivity index (χ1n) is 11.5. The van der Waals surface area contributed by atoms with Crippen LogP contribution in [0.3, 0.4) is 0 Å². The summed E-state index contributed by atoms with van der Waals surface area (Å²) in [5.74, 6) is -0.103. The van der Waals surface area contributed by atoms with Crippen LogP contribution in [-0.4, -0.2) is 34.9 Å². The van der Waals surface area contributed by atoms with Crippen LogP contribution in [0.1, 0.15) is 31.9 Å². The van der Waals surface area contributed by atoms with E-state index in [1.165, 1.54) is 4.90 Å². The SMILES string of the molecule is CC(C)(C)NC(=O)C(Cc1ccccc1)N(Cc1ccc(Cl)c(Cl)c1)C(=O)COc1ccc(Cl)cc1. The summed E-state index contributed by atoms with van der Waals surface area (Å²) >= 11 is 18.3. The maximum atomic E-state index is 13.6. The van der Waals surface area contributed by atoms with Gasteiger partial charge in [0.15, 0.2) is 6.61 Å². The van der Waals surface area contributed by atoms with E-state index in [0.717, 1.165) is 11.1 Å². The van der Waals surface area contributed by atoms with Crippen molar-refractivity contribution >= 4 is 46.6 Å². The van der Waals surface area contributed by atoms with Crippen LogP contribution in [0.15, 0.2) is 72.8 Å². The van der Waals surface area contributed by atoms with Crippen molar-refractivity contribution in [2.75, 3.05) is 6.61 Å². The Morgan fingerprint density at radius 1 is 0.889 bits per heavy atom. The van der Waals surface area contributed by atoms with Crippen LogP contribution in [0, 0.1) is 0 Å². The van der Waals surface area contributed by atoms with Gasteiger partial charge < -0.3 is 15.0 Å². The van der Waals surface area contributed by atoms with Crippen LogP contribution in [-0.2, 0) is 22.6 Å². The van der Waals surface area contributed by atoms with E-state index in [0.29, 0.717) is 27.2 Å². The van der Waals surface area contributed by atoms with Gasteiger partial charge in [-0.1, -0.05) is 71.2 Å². The number of carbonyl (C=O) groups excluding carboxylic acids is 2. The predicted octanol–water partition coefficient (Wildman–Crippen LogP) is 6.58. The molecule has 5 nitrogen and oxygen atoms in total. The average Bonchev–Trinajstić information content (AvgIpc) is 2.82. The number of nitrogens with zero attached hydrogens (tertiary/aromatic N) is 1. The number of carbonyl (C=O) groups is 2. The van der Waals surface area contributed by atoms with E-state index in [-0.39, 0.29) is 25.0 Å². The van der Waals surface area contributed by atoms with Crippen molar-refractivity contribution in [3.05, 3.63) is 99.0 Å². The van der Waals surface area contributed by atoms with Gasteiger partial charge in [0.05, 0.1) is 10.0 Å². The van der Waals surface area contributed by atoms with Gasteiger partial charge in [-0.25, -0.2) is 0 Å². The van der Waals surface area contributed by atoms with Crippen molar-refractivity contribution < 1.29 is 14.3 Å². The van der Waals surface area contributed by atoms with Gasteiger partial charge in [0.1, 0.15) is 11.8 Å². The number of benzene rings is 3. The second kappa shape index (κ2) is 12.5. The van der Waals surface area contributed by atoms with Crippen LogP contribution >= 0.6 is 34.8 Å². The number of ether oxygens (including phenoxy) is 1. The monoisotopic (exact) mass is 546 g/mol.